The number of fused-ring (bicyclic) bond motifs is 6. The van der Waals surface area contributed by atoms with Crippen molar-refractivity contribution in [1.29, 1.82) is 0 Å². The van der Waals surface area contributed by atoms with E-state index in [1.807, 2.05) is 30.4 Å². The standard InChI is InChI=1S/C43H48N3.C29H34ClN2.C29H34N2O.C14H15N.Cl2HO2P.ClH/c1-7-45-38-27-17-15-25-36(38)42(3,4)40(45)29-19-24-35(30-41-43(5,6)37-26-16-18-28-39(37)46(41)8-2)44(31-33-20-11-9-12-21-33)32-34-22-13-10-14-23-34;1-7-31-24-17-11-9-15-22(24)28(3,4)26(31)19-13-14-21(30)20-27-29(5,6)23-16-10-12-18-25(23)32(27)8-2;1-7-30-24-17-11-9-15-22(24)28(3,4)26(30)19-13-14-21(32)20-27-29(5,6)23-16-10-12-18-25(23)31(27)8-2;1-3-7-13(8-4-1)11-15-12-14-9-5-2-6-10-14;1-5(2,3)4;/h9-30H,7-8,31-32H2,1-6H3;2*9-20H,7-8H2,1-6H3;1-10,15H,11-12H2;(H,3,4);1H/q2*+1;;;;/p-1/b;;14-13+,26-19+,27-20+;;;. The van der Waals surface area contributed by atoms with E-state index in [0.717, 1.165) is 76.2 Å². The van der Waals surface area contributed by atoms with Gasteiger partial charge in [0, 0.05) is 182 Å². The van der Waals surface area contributed by atoms with E-state index in [0.29, 0.717) is 0 Å². The van der Waals surface area contributed by atoms with Crippen LogP contribution in [0.1, 0.15) is 180 Å². The van der Waals surface area contributed by atoms with Crippen LogP contribution in [0.4, 0.5) is 34.1 Å². The molecule has 0 radical (unpaired) electrons. The van der Waals surface area contributed by atoms with Crippen molar-refractivity contribution in [3.8, 4) is 0 Å². The molecule has 0 unspecified atom stereocenters. The Morgan fingerprint density at radius 2 is 0.672 bits per heavy atom. The normalized spacial score (nSPS) is 18.0. The molecule has 6 heterocycles. The predicted molar refractivity (Wildman–Crippen MR) is 555 cm³/mol. The Morgan fingerprint density at radius 1 is 0.382 bits per heavy atom. The zero-order valence-electron chi connectivity index (χ0n) is 79.8. The average molecular weight is 1850 g/mol. The fourth-order valence-corrected chi connectivity index (χ4v) is 19.8. The molecule has 2 N–H and O–H groups in total. The van der Waals surface area contributed by atoms with E-state index in [-0.39, 0.29) is 50.7 Å². The maximum absolute atomic E-state index is 13.0. The summed E-state index contributed by atoms with van der Waals surface area (Å²) >= 11 is 15.6. The molecule has 0 aliphatic carbocycles. The highest BCUT2D eigenvalue weighted by Crippen LogP contribution is 2.54. The summed E-state index contributed by atoms with van der Waals surface area (Å²) in [5, 5.41) is 4.16. The van der Waals surface area contributed by atoms with Crippen molar-refractivity contribution in [2.24, 2.45) is 0 Å². The third-order valence-electron chi connectivity index (χ3n) is 26.2. The number of rotatable bonds is 23. The second-order valence-electron chi connectivity index (χ2n) is 36.7. The van der Waals surface area contributed by atoms with Crippen molar-refractivity contribution in [1.82, 2.24) is 5.32 Å². The lowest BCUT2D eigenvalue weighted by Crippen LogP contribution is -3.00. The van der Waals surface area contributed by atoms with Crippen LogP contribution in [0.2, 0.25) is 0 Å². The van der Waals surface area contributed by atoms with Gasteiger partial charge in [0.25, 0.3) is 0 Å². The Morgan fingerprint density at radius 3 is 1.02 bits per heavy atom. The third-order valence-corrected chi connectivity index (χ3v) is 26.5. The molecular weight excluding hydrogens is 1710 g/mol. The summed E-state index contributed by atoms with van der Waals surface area (Å²) in [6.07, 6.45) is 21.7. The van der Waals surface area contributed by atoms with E-state index in [4.69, 9.17) is 16.5 Å². The molecule has 0 atom stereocenters. The lowest BCUT2D eigenvalue weighted by Gasteiger charge is -2.26. The zero-order chi connectivity index (χ0) is 93.4. The Labute approximate surface area is 802 Å². The van der Waals surface area contributed by atoms with Crippen LogP contribution >= 0.6 is 40.2 Å². The first kappa shape index (κ1) is 101. The molecule has 682 valence electrons. The largest absolute Gasteiger partial charge is 1.00 e. The van der Waals surface area contributed by atoms with Crippen LogP contribution in [0.3, 0.4) is 0 Å². The average Bonchev–Trinajstić information content (AvgIpc) is 1.58. The first-order chi connectivity index (χ1) is 62.2. The molecule has 16 rings (SSSR count). The molecule has 0 saturated carbocycles. The van der Waals surface area contributed by atoms with Crippen molar-refractivity contribution in [3.63, 3.8) is 0 Å². The van der Waals surface area contributed by atoms with Gasteiger partial charge in [0.2, 0.25) is 11.4 Å². The number of carbonyl (C=O) groups excluding carboxylic acids is 1. The van der Waals surface area contributed by atoms with Crippen LogP contribution in [0.15, 0.2) is 373 Å². The van der Waals surface area contributed by atoms with Gasteiger partial charge in [-0.1, -0.05) is 330 Å². The van der Waals surface area contributed by atoms with Gasteiger partial charge in [0.1, 0.15) is 6.54 Å². The van der Waals surface area contributed by atoms with Crippen LogP contribution in [0.25, 0.3) is 0 Å². The Kier molecular flexibility index (Phi) is 33.9. The van der Waals surface area contributed by atoms with Crippen LogP contribution in [-0.2, 0) is 68.0 Å². The molecule has 6 aliphatic rings. The number of ketones is 1. The van der Waals surface area contributed by atoms with E-state index >= 15 is 0 Å². The molecule has 131 heavy (non-hydrogen) atoms. The van der Waals surface area contributed by atoms with Gasteiger partial charge in [-0.2, -0.15) is 4.58 Å². The number of para-hydroxylation sites is 6. The smallest absolute Gasteiger partial charge is 0.377 e. The maximum Gasteiger partial charge on any atom is 0.377 e. The van der Waals surface area contributed by atoms with Gasteiger partial charge >= 0.3 is 6.07 Å². The topological polar surface area (TPSA) is 88.6 Å². The van der Waals surface area contributed by atoms with Crippen molar-refractivity contribution >= 4 is 91.5 Å². The van der Waals surface area contributed by atoms with E-state index in [1.165, 1.54) is 124 Å². The van der Waals surface area contributed by atoms with Gasteiger partial charge in [0.05, 0.1) is 5.41 Å². The molecule has 0 aromatic heterocycles. The molecule has 6 aliphatic heterocycles. The summed E-state index contributed by atoms with van der Waals surface area (Å²) in [6.45, 7) is 49.6. The summed E-state index contributed by atoms with van der Waals surface area (Å²) < 4.78 is 14.2. The number of halogens is 4. The fraction of sp³-hybridized carbons (Fsp3) is 0.296. The van der Waals surface area contributed by atoms with Crippen LogP contribution in [-0.4, -0.2) is 70.5 Å². The SMILES string of the molecule is CCN1/C(=C/C=C/C(=O)/C=C2/N(CC)c3ccccc3C2(C)C)C(C)(C)c2ccccc21.CCN1C(=CC(/C=C/C=C2/N(CC)c3ccccc3C2(C)C)=[N+](Cc2ccccc2)Cc2ccccc2)C(C)(C)c2ccccc21.CCN1C(=CC(Cl)=CC=CC2=[N+](CC)c3ccccc3C2(C)C)C(C)(C)c2ccccc21.O=P(O)(Cl)Cl.[Cl-].c1ccc(CNCc2ccccc2)cc1. The molecule has 0 bridgehead atoms. The summed E-state index contributed by atoms with van der Waals surface area (Å²) in [5.41, 5.74) is 29.2. The highest BCUT2D eigenvalue weighted by molar-refractivity contribution is 8.04. The number of hydrogen-bond acceptors (Lipinski definition) is 8. The van der Waals surface area contributed by atoms with Gasteiger partial charge in [-0.3, -0.25) is 9.36 Å². The van der Waals surface area contributed by atoms with E-state index in [1.54, 1.807) is 6.08 Å². The second-order valence-corrected chi connectivity index (χ2v) is 41.3. The molecule has 0 amide bonds. The summed E-state index contributed by atoms with van der Waals surface area (Å²) in [7, 11) is 0. The molecule has 0 saturated heterocycles. The zero-order valence-corrected chi connectivity index (χ0v) is 83.7. The van der Waals surface area contributed by atoms with Gasteiger partial charge in [-0.25, -0.2) is 4.58 Å². The van der Waals surface area contributed by atoms with E-state index in [9.17, 15) is 9.36 Å². The minimum Gasteiger partial charge on any atom is -1.00 e. The van der Waals surface area contributed by atoms with Gasteiger partial charge in [-0.05, 0) is 178 Å². The van der Waals surface area contributed by atoms with Crippen molar-refractivity contribution < 1.29 is 35.8 Å². The van der Waals surface area contributed by atoms with E-state index in [2.05, 4.69) is 489 Å². The quantitative estimate of drug-likeness (QED) is 0.0214. The van der Waals surface area contributed by atoms with Crippen molar-refractivity contribution in [2.75, 3.05) is 63.8 Å². The summed E-state index contributed by atoms with van der Waals surface area (Å²) in [5.74, 6) is 0.0209. The monoisotopic (exact) mass is 1840 g/mol. The first-order valence-corrected chi connectivity index (χ1v) is 49.8. The number of benzene rings is 10. The minimum absolute atomic E-state index is 0. The Bertz CT molecular complexity index is 5970. The van der Waals surface area contributed by atoms with Crippen molar-refractivity contribution in [2.45, 2.75) is 183 Å². The lowest BCUT2D eigenvalue weighted by atomic mass is 9.81. The highest BCUT2D eigenvalue weighted by Gasteiger charge is 2.46. The lowest BCUT2D eigenvalue weighted by molar-refractivity contribution is -0.558. The number of anilines is 5. The number of nitrogens with zero attached hydrogens (tertiary/aromatic N) is 7. The van der Waals surface area contributed by atoms with Gasteiger partial charge in [-0.15, -0.1) is 0 Å². The predicted octanol–water partition coefficient (Wildman–Crippen LogP) is 25.3. The Balaban J connectivity index is 0.000000174. The molecule has 16 heteroatoms. The molecule has 10 aromatic rings. The van der Waals surface area contributed by atoms with Crippen molar-refractivity contribution in [3.05, 3.63) is 429 Å². The highest BCUT2D eigenvalue weighted by atomic mass is 35.9. The summed E-state index contributed by atoms with van der Waals surface area (Å²) in [6, 6.07) is 94.8. The fourth-order valence-electron chi connectivity index (χ4n) is 19.6. The molecule has 11 nitrogen and oxygen atoms in total. The summed E-state index contributed by atoms with van der Waals surface area (Å²) in [4.78, 5) is 32.5. The number of allylic oxidation sites excluding steroid dienone is 18. The molecule has 0 spiro atoms. The van der Waals surface area contributed by atoms with Gasteiger partial charge < -0.3 is 47.1 Å². The van der Waals surface area contributed by atoms with E-state index < -0.39 is 6.07 Å². The van der Waals surface area contributed by atoms with Crippen LogP contribution in [0.5, 0.6) is 0 Å². The maximum atomic E-state index is 13.0. The number of carbonyl (C=O) groups is 1. The first-order valence-electron chi connectivity index (χ1n) is 46.0. The molecule has 10 aromatic carbocycles. The Hall–Kier alpha value is -10.8. The number of nitrogens with one attached hydrogen (secondary N) is 1. The minimum atomic E-state index is -3.69. The third kappa shape index (κ3) is 22.9. The van der Waals surface area contributed by atoms with Crippen LogP contribution in [0, 0.1) is 0 Å². The van der Waals surface area contributed by atoms with Crippen LogP contribution < -0.4 is 42.2 Å². The number of hydrogen-bond donors (Lipinski definition) is 2. The molecule has 0 fully saturated rings. The second kappa shape index (κ2) is 44.1. The van der Waals surface area contributed by atoms with Gasteiger partial charge in [0.15, 0.2) is 24.6 Å². The molecular formula is C115H132Cl4N8O3P+. The number of likely N-dealkylation sites (N-methyl/N-ethyl adjacent to an activating group) is 5.